The molecule has 0 aliphatic carbocycles. The molecule has 0 fully saturated rings. The first-order valence-electron chi connectivity index (χ1n) is 7.73. The standard InChI is InChI=1S/C17H22N6/c1-11-5-6-12(2)15(7-11)16-14(9-19-21-16)8-18-13(3)17-22-20-10-23(17)4/h5-7,9-10,13,18H,8H2,1-4H3,(H,19,21). The molecule has 0 amide bonds. The molecule has 6 heteroatoms. The Labute approximate surface area is 136 Å². The van der Waals surface area contributed by atoms with Gasteiger partial charge in [-0.15, -0.1) is 10.2 Å². The minimum absolute atomic E-state index is 0.115. The molecule has 0 saturated heterocycles. The maximum absolute atomic E-state index is 4.23. The Morgan fingerprint density at radius 1 is 1.30 bits per heavy atom. The number of H-pyrrole nitrogens is 1. The Morgan fingerprint density at radius 3 is 2.87 bits per heavy atom. The van der Waals surface area contributed by atoms with E-state index >= 15 is 0 Å². The molecule has 0 saturated carbocycles. The number of aromatic nitrogens is 5. The van der Waals surface area contributed by atoms with Gasteiger partial charge in [0.1, 0.15) is 12.2 Å². The second kappa shape index (κ2) is 6.34. The van der Waals surface area contributed by atoms with E-state index in [2.05, 4.69) is 64.7 Å². The van der Waals surface area contributed by atoms with Crippen molar-refractivity contribution < 1.29 is 0 Å². The van der Waals surface area contributed by atoms with Gasteiger partial charge < -0.3 is 9.88 Å². The molecule has 0 aliphatic heterocycles. The van der Waals surface area contributed by atoms with Crippen molar-refractivity contribution in [1.82, 2.24) is 30.3 Å². The highest BCUT2D eigenvalue weighted by molar-refractivity contribution is 5.67. The van der Waals surface area contributed by atoms with Crippen molar-refractivity contribution in [3.8, 4) is 11.3 Å². The highest BCUT2D eigenvalue weighted by atomic mass is 15.3. The first-order chi connectivity index (χ1) is 11.1. The molecule has 23 heavy (non-hydrogen) atoms. The fraction of sp³-hybridized carbons (Fsp3) is 0.353. The van der Waals surface area contributed by atoms with Gasteiger partial charge in [0.2, 0.25) is 0 Å². The van der Waals surface area contributed by atoms with Crippen LogP contribution in [0, 0.1) is 13.8 Å². The van der Waals surface area contributed by atoms with Crippen LogP contribution in [0.3, 0.4) is 0 Å². The highest BCUT2D eigenvalue weighted by Gasteiger charge is 2.14. The summed E-state index contributed by atoms with van der Waals surface area (Å²) in [7, 11) is 1.95. The normalized spacial score (nSPS) is 12.5. The van der Waals surface area contributed by atoms with Crippen molar-refractivity contribution >= 4 is 0 Å². The summed E-state index contributed by atoms with van der Waals surface area (Å²) < 4.78 is 1.93. The molecule has 0 spiro atoms. The highest BCUT2D eigenvalue weighted by Crippen LogP contribution is 2.26. The second-order valence-corrected chi connectivity index (χ2v) is 5.99. The third-order valence-corrected chi connectivity index (χ3v) is 4.11. The van der Waals surface area contributed by atoms with Gasteiger partial charge in [0.25, 0.3) is 0 Å². The zero-order valence-electron chi connectivity index (χ0n) is 14.0. The molecule has 1 unspecified atom stereocenters. The summed E-state index contributed by atoms with van der Waals surface area (Å²) in [5.41, 5.74) is 5.90. The predicted octanol–water partition coefficient (Wildman–Crippen LogP) is 2.67. The van der Waals surface area contributed by atoms with E-state index in [4.69, 9.17) is 0 Å². The lowest BCUT2D eigenvalue weighted by Crippen LogP contribution is -2.21. The molecule has 1 atom stereocenters. The van der Waals surface area contributed by atoms with Gasteiger partial charge in [0.15, 0.2) is 0 Å². The van der Waals surface area contributed by atoms with Crippen LogP contribution in [0.4, 0.5) is 0 Å². The molecule has 2 aromatic heterocycles. The van der Waals surface area contributed by atoms with Crippen LogP contribution in [-0.4, -0.2) is 25.0 Å². The predicted molar refractivity (Wildman–Crippen MR) is 89.8 cm³/mol. The van der Waals surface area contributed by atoms with E-state index in [1.54, 1.807) is 6.33 Å². The maximum Gasteiger partial charge on any atom is 0.149 e. The maximum atomic E-state index is 4.23. The lowest BCUT2D eigenvalue weighted by atomic mass is 10.0. The zero-order valence-corrected chi connectivity index (χ0v) is 14.0. The van der Waals surface area contributed by atoms with Gasteiger partial charge >= 0.3 is 0 Å². The molecule has 0 aliphatic rings. The number of benzene rings is 1. The van der Waals surface area contributed by atoms with Gasteiger partial charge in [-0.2, -0.15) is 5.10 Å². The van der Waals surface area contributed by atoms with E-state index < -0.39 is 0 Å². The third kappa shape index (κ3) is 3.17. The third-order valence-electron chi connectivity index (χ3n) is 4.11. The van der Waals surface area contributed by atoms with E-state index in [0.29, 0.717) is 6.54 Å². The van der Waals surface area contributed by atoms with E-state index in [9.17, 15) is 0 Å². The van der Waals surface area contributed by atoms with Gasteiger partial charge in [-0.3, -0.25) is 5.10 Å². The van der Waals surface area contributed by atoms with E-state index in [1.165, 1.54) is 16.7 Å². The Kier molecular flexibility index (Phi) is 4.25. The van der Waals surface area contributed by atoms with Crippen molar-refractivity contribution in [3.05, 3.63) is 53.2 Å². The number of nitrogens with one attached hydrogen (secondary N) is 2. The minimum atomic E-state index is 0.115. The van der Waals surface area contributed by atoms with Crippen LogP contribution in [0.1, 0.15) is 35.5 Å². The molecule has 1 aromatic carbocycles. The van der Waals surface area contributed by atoms with Gasteiger partial charge in [0, 0.05) is 24.7 Å². The molecule has 0 radical (unpaired) electrons. The summed E-state index contributed by atoms with van der Waals surface area (Å²) in [4.78, 5) is 0. The van der Waals surface area contributed by atoms with Crippen LogP contribution < -0.4 is 5.32 Å². The van der Waals surface area contributed by atoms with Crippen LogP contribution in [-0.2, 0) is 13.6 Å². The number of aromatic amines is 1. The summed E-state index contributed by atoms with van der Waals surface area (Å²) in [5.74, 6) is 0.918. The van der Waals surface area contributed by atoms with Crippen LogP contribution in [0.2, 0.25) is 0 Å². The van der Waals surface area contributed by atoms with Crippen LogP contribution in [0.25, 0.3) is 11.3 Å². The number of nitrogens with zero attached hydrogens (tertiary/aromatic N) is 4. The van der Waals surface area contributed by atoms with Crippen LogP contribution in [0.5, 0.6) is 0 Å². The van der Waals surface area contributed by atoms with Gasteiger partial charge in [-0.1, -0.05) is 17.7 Å². The summed E-state index contributed by atoms with van der Waals surface area (Å²) >= 11 is 0. The fourth-order valence-electron chi connectivity index (χ4n) is 2.72. The monoisotopic (exact) mass is 310 g/mol. The Morgan fingerprint density at radius 2 is 2.13 bits per heavy atom. The molecular formula is C17H22N6. The lowest BCUT2D eigenvalue weighted by Gasteiger charge is -2.13. The minimum Gasteiger partial charge on any atom is -0.319 e. The van der Waals surface area contributed by atoms with E-state index in [1.807, 2.05) is 17.8 Å². The average Bonchev–Trinajstić information content (AvgIpc) is 3.16. The van der Waals surface area contributed by atoms with E-state index in [0.717, 1.165) is 17.1 Å². The smallest absolute Gasteiger partial charge is 0.149 e. The Hall–Kier alpha value is -2.47. The van der Waals surface area contributed by atoms with Crippen molar-refractivity contribution in [1.29, 1.82) is 0 Å². The van der Waals surface area contributed by atoms with E-state index in [-0.39, 0.29) is 6.04 Å². The second-order valence-electron chi connectivity index (χ2n) is 5.99. The molecule has 6 nitrogen and oxygen atoms in total. The van der Waals surface area contributed by atoms with Crippen molar-refractivity contribution in [2.24, 2.45) is 7.05 Å². The largest absolute Gasteiger partial charge is 0.319 e. The molecule has 120 valence electrons. The zero-order chi connectivity index (χ0) is 16.4. The number of aryl methyl sites for hydroxylation is 3. The number of hydrogen-bond acceptors (Lipinski definition) is 4. The summed E-state index contributed by atoms with van der Waals surface area (Å²) in [6.07, 6.45) is 3.60. The molecule has 3 rings (SSSR count). The Bertz CT molecular complexity index is 801. The first-order valence-corrected chi connectivity index (χ1v) is 7.73. The fourth-order valence-corrected chi connectivity index (χ4v) is 2.72. The van der Waals surface area contributed by atoms with Crippen molar-refractivity contribution in [3.63, 3.8) is 0 Å². The van der Waals surface area contributed by atoms with Crippen molar-refractivity contribution in [2.45, 2.75) is 33.4 Å². The molecule has 2 heterocycles. The first kappa shape index (κ1) is 15.4. The molecule has 2 N–H and O–H groups in total. The summed E-state index contributed by atoms with van der Waals surface area (Å²) in [5, 5.41) is 18.9. The Balaban J connectivity index is 1.79. The number of hydrogen-bond donors (Lipinski definition) is 2. The van der Waals surface area contributed by atoms with Gasteiger partial charge in [0.05, 0.1) is 17.9 Å². The molecule has 0 bridgehead atoms. The molecular weight excluding hydrogens is 288 g/mol. The summed E-state index contributed by atoms with van der Waals surface area (Å²) in [6, 6.07) is 6.58. The molecule has 3 aromatic rings. The van der Waals surface area contributed by atoms with Gasteiger partial charge in [-0.05, 0) is 32.4 Å². The van der Waals surface area contributed by atoms with Crippen LogP contribution >= 0.6 is 0 Å². The average molecular weight is 310 g/mol. The summed E-state index contributed by atoms with van der Waals surface area (Å²) in [6.45, 7) is 7.03. The lowest BCUT2D eigenvalue weighted by molar-refractivity contribution is 0.529. The SMILES string of the molecule is Cc1ccc(C)c(-c2[nH]ncc2CNC(C)c2nncn2C)c1. The van der Waals surface area contributed by atoms with Gasteiger partial charge in [-0.25, -0.2) is 0 Å². The number of rotatable bonds is 5. The van der Waals surface area contributed by atoms with Crippen LogP contribution in [0.15, 0.2) is 30.7 Å². The topological polar surface area (TPSA) is 71.4 Å². The van der Waals surface area contributed by atoms with Crippen molar-refractivity contribution in [2.75, 3.05) is 0 Å². The quantitative estimate of drug-likeness (QED) is 0.760.